The highest BCUT2D eigenvalue weighted by Gasteiger charge is 2.15. The third-order valence-corrected chi connectivity index (χ3v) is 3.67. The average Bonchev–Trinajstić information content (AvgIpc) is 3.03. The van der Waals surface area contributed by atoms with Crippen molar-refractivity contribution in [2.75, 3.05) is 0 Å². The number of nitrogens with zero attached hydrogens (tertiary/aromatic N) is 4. The van der Waals surface area contributed by atoms with Crippen molar-refractivity contribution in [3.05, 3.63) is 80.5 Å². The number of rotatable bonds is 5. The molecular weight excluding hydrogens is 331 g/mol. The molecule has 2 heterocycles. The molecule has 0 fully saturated rings. The summed E-state index contributed by atoms with van der Waals surface area (Å²) in [6.07, 6.45) is 0.495. The first-order chi connectivity index (χ1) is 11.9. The molecule has 1 aromatic carbocycles. The maximum Gasteiger partial charge on any atom is 0.331 e. The molecule has 130 valence electrons. The number of aliphatic hydroxyl groups is 1. The Morgan fingerprint density at radius 2 is 1.96 bits per heavy atom. The van der Waals surface area contributed by atoms with Crippen LogP contribution in [0.2, 0.25) is 0 Å². The van der Waals surface area contributed by atoms with Gasteiger partial charge >= 0.3 is 5.69 Å². The Balaban J connectivity index is 1.75. The first-order valence-electron chi connectivity index (χ1n) is 7.45. The molecule has 0 spiro atoms. The highest BCUT2D eigenvalue weighted by Crippen LogP contribution is 2.17. The molecule has 0 aliphatic heterocycles. The maximum absolute atomic E-state index is 12.9. The minimum Gasteiger partial charge on any atom is -0.388 e. The molecule has 1 atom stereocenters. The first kappa shape index (κ1) is 16.8. The summed E-state index contributed by atoms with van der Waals surface area (Å²) in [4.78, 5) is 27.8. The monoisotopic (exact) mass is 346 g/mol. The molecule has 0 bridgehead atoms. The van der Waals surface area contributed by atoms with E-state index in [1.54, 1.807) is 0 Å². The summed E-state index contributed by atoms with van der Waals surface area (Å²) in [6, 6.07) is 6.69. The predicted molar refractivity (Wildman–Crippen MR) is 84.4 cm³/mol. The van der Waals surface area contributed by atoms with Gasteiger partial charge in [0.1, 0.15) is 12.4 Å². The zero-order valence-electron chi connectivity index (χ0n) is 13.3. The summed E-state index contributed by atoms with van der Waals surface area (Å²) >= 11 is 0. The normalized spacial score (nSPS) is 12.3. The zero-order chi connectivity index (χ0) is 18.0. The second kappa shape index (κ2) is 6.81. The van der Waals surface area contributed by atoms with Gasteiger partial charge in [-0.1, -0.05) is 17.3 Å². The lowest BCUT2D eigenvalue weighted by Crippen LogP contribution is -2.38. The van der Waals surface area contributed by atoms with E-state index in [1.807, 2.05) is 0 Å². The summed E-state index contributed by atoms with van der Waals surface area (Å²) in [5, 5.41) is 13.9. The topological polar surface area (TPSA) is 103 Å². The fraction of sp³-hybridized carbons (Fsp3) is 0.250. The van der Waals surface area contributed by atoms with E-state index in [9.17, 15) is 19.1 Å². The van der Waals surface area contributed by atoms with Gasteiger partial charge in [-0.2, -0.15) is 4.98 Å². The van der Waals surface area contributed by atoms with Gasteiger partial charge in [0.05, 0.1) is 6.10 Å². The lowest BCUT2D eigenvalue weighted by Gasteiger charge is -2.07. The van der Waals surface area contributed by atoms with Crippen molar-refractivity contribution >= 4 is 0 Å². The molecule has 0 unspecified atom stereocenters. The third-order valence-electron chi connectivity index (χ3n) is 3.67. The van der Waals surface area contributed by atoms with Crippen LogP contribution in [0.3, 0.4) is 0 Å². The van der Waals surface area contributed by atoms with Gasteiger partial charge in [-0.05, 0) is 17.7 Å². The number of halogens is 1. The Labute approximate surface area is 140 Å². The van der Waals surface area contributed by atoms with Gasteiger partial charge < -0.3 is 14.2 Å². The van der Waals surface area contributed by atoms with Crippen molar-refractivity contribution in [1.29, 1.82) is 0 Å². The highest BCUT2D eigenvalue weighted by molar-refractivity contribution is 5.19. The molecule has 0 saturated carbocycles. The number of aliphatic hydroxyl groups excluding tert-OH is 1. The van der Waals surface area contributed by atoms with E-state index < -0.39 is 23.2 Å². The van der Waals surface area contributed by atoms with Crippen molar-refractivity contribution < 1.29 is 14.0 Å². The minimum atomic E-state index is -0.932. The van der Waals surface area contributed by atoms with Crippen molar-refractivity contribution in [1.82, 2.24) is 19.3 Å². The number of aromatic nitrogens is 4. The number of hydrogen-bond donors (Lipinski definition) is 1. The molecule has 1 N–H and O–H groups in total. The van der Waals surface area contributed by atoms with Crippen molar-refractivity contribution in [2.45, 2.75) is 19.1 Å². The van der Waals surface area contributed by atoms with Gasteiger partial charge in [0.15, 0.2) is 5.82 Å². The van der Waals surface area contributed by atoms with E-state index in [4.69, 9.17) is 4.52 Å². The molecule has 2 aromatic heterocycles. The van der Waals surface area contributed by atoms with Crippen LogP contribution in [0.15, 0.2) is 50.6 Å². The molecule has 25 heavy (non-hydrogen) atoms. The van der Waals surface area contributed by atoms with Crippen molar-refractivity contribution in [2.24, 2.45) is 7.05 Å². The summed E-state index contributed by atoms with van der Waals surface area (Å²) in [5.74, 6) is -0.105. The van der Waals surface area contributed by atoms with E-state index in [1.165, 1.54) is 48.1 Å². The van der Waals surface area contributed by atoms with Crippen LogP contribution in [0, 0.1) is 5.82 Å². The van der Waals surface area contributed by atoms with Crippen LogP contribution >= 0.6 is 0 Å². The van der Waals surface area contributed by atoms with Gasteiger partial charge in [0, 0.05) is 25.7 Å². The van der Waals surface area contributed by atoms with Gasteiger partial charge in [-0.25, -0.2) is 9.18 Å². The molecule has 0 aliphatic rings. The Kier molecular flexibility index (Phi) is 4.57. The fourth-order valence-corrected chi connectivity index (χ4v) is 2.31. The van der Waals surface area contributed by atoms with Crippen LogP contribution in [0.5, 0.6) is 0 Å². The molecule has 3 aromatic rings. The van der Waals surface area contributed by atoms with E-state index in [2.05, 4.69) is 10.1 Å². The maximum atomic E-state index is 12.9. The Morgan fingerprint density at radius 3 is 2.68 bits per heavy atom. The molecule has 9 heteroatoms. The molecule has 0 aliphatic carbocycles. The van der Waals surface area contributed by atoms with Crippen LogP contribution in [0.1, 0.15) is 23.4 Å². The molecule has 3 rings (SSSR count). The summed E-state index contributed by atoms with van der Waals surface area (Å²) < 4.78 is 20.2. The standard InChI is InChI=1S/C16H15FN4O4/c1-20-7-6-15(23)21(16(20)24)9-14-18-13(19-25-14)8-12(22)10-2-4-11(17)5-3-10/h2-7,12,22H,8-9H2,1H3/t12-/m0/s1. The smallest absolute Gasteiger partial charge is 0.331 e. The molecule has 0 saturated heterocycles. The zero-order valence-corrected chi connectivity index (χ0v) is 13.3. The SMILES string of the molecule is Cn1ccc(=O)n(Cc2nc(C[C@H](O)c3ccc(F)cc3)no2)c1=O. The Bertz CT molecular complexity index is 990. The van der Waals surface area contributed by atoms with E-state index in [0.29, 0.717) is 5.56 Å². The average molecular weight is 346 g/mol. The molecule has 0 amide bonds. The number of benzene rings is 1. The van der Waals surface area contributed by atoms with E-state index in [0.717, 1.165) is 4.57 Å². The Hall–Kier alpha value is -3.07. The highest BCUT2D eigenvalue weighted by atomic mass is 19.1. The molecule has 0 radical (unpaired) electrons. The van der Waals surface area contributed by atoms with Crippen LogP contribution in [0.25, 0.3) is 0 Å². The largest absolute Gasteiger partial charge is 0.388 e. The van der Waals surface area contributed by atoms with Crippen LogP contribution in [0.4, 0.5) is 4.39 Å². The van der Waals surface area contributed by atoms with E-state index >= 15 is 0 Å². The van der Waals surface area contributed by atoms with Crippen molar-refractivity contribution in [3.63, 3.8) is 0 Å². The number of hydrogen-bond acceptors (Lipinski definition) is 6. The fourth-order valence-electron chi connectivity index (χ4n) is 2.31. The predicted octanol–water partition coefficient (Wildman–Crippen LogP) is 0.394. The van der Waals surface area contributed by atoms with Gasteiger partial charge in [-0.3, -0.25) is 9.36 Å². The van der Waals surface area contributed by atoms with Crippen LogP contribution < -0.4 is 11.2 Å². The van der Waals surface area contributed by atoms with Gasteiger partial charge in [-0.15, -0.1) is 0 Å². The van der Waals surface area contributed by atoms with Crippen molar-refractivity contribution in [3.8, 4) is 0 Å². The first-order valence-corrected chi connectivity index (χ1v) is 7.45. The van der Waals surface area contributed by atoms with E-state index in [-0.39, 0.29) is 24.7 Å². The van der Waals surface area contributed by atoms with Gasteiger partial charge in [0.2, 0.25) is 5.89 Å². The summed E-state index contributed by atoms with van der Waals surface area (Å²) in [7, 11) is 1.52. The summed E-state index contributed by atoms with van der Waals surface area (Å²) in [5.41, 5.74) is -0.464. The third kappa shape index (κ3) is 3.72. The van der Waals surface area contributed by atoms with Crippen LogP contribution in [-0.2, 0) is 20.0 Å². The summed E-state index contributed by atoms with van der Waals surface area (Å²) in [6.45, 7) is -0.161. The lowest BCUT2D eigenvalue weighted by atomic mass is 10.1. The minimum absolute atomic E-state index is 0.0524. The second-order valence-electron chi connectivity index (χ2n) is 5.51. The number of aryl methyl sites for hydroxylation is 1. The van der Waals surface area contributed by atoms with Gasteiger partial charge in [0.25, 0.3) is 5.56 Å². The lowest BCUT2D eigenvalue weighted by molar-refractivity contribution is 0.174. The molecule has 8 nitrogen and oxygen atoms in total. The second-order valence-corrected chi connectivity index (χ2v) is 5.51. The molecular formula is C16H15FN4O4. The Morgan fingerprint density at radius 1 is 1.24 bits per heavy atom. The van der Waals surface area contributed by atoms with Crippen LogP contribution in [-0.4, -0.2) is 24.4 Å². The quantitative estimate of drug-likeness (QED) is 0.717.